The molecular formula is C12H20N2OS. The molecule has 4 heteroatoms. The van der Waals surface area contributed by atoms with Crippen LogP contribution in [0.1, 0.15) is 42.1 Å². The Labute approximate surface area is 101 Å². The molecule has 0 saturated carbocycles. The van der Waals surface area contributed by atoms with Crippen molar-refractivity contribution in [2.24, 2.45) is 0 Å². The van der Waals surface area contributed by atoms with Gasteiger partial charge in [-0.05, 0) is 39.7 Å². The molecule has 16 heavy (non-hydrogen) atoms. The number of ether oxygens (including phenoxy) is 1. The minimum atomic E-state index is 0.410. The van der Waals surface area contributed by atoms with Crippen molar-refractivity contribution in [1.29, 1.82) is 0 Å². The molecule has 3 nitrogen and oxygen atoms in total. The highest BCUT2D eigenvalue weighted by Crippen LogP contribution is 2.20. The van der Waals surface area contributed by atoms with Gasteiger partial charge in [0.1, 0.15) is 0 Å². The van der Waals surface area contributed by atoms with Crippen LogP contribution in [0.4, 0.5) is 0 Å². The Morgan fingerprint density at radius 2 is 2.56 bits per heavy atom. The molecule has 2 unspecified atom stereocenters. The average Bonchev–Trinajstić information content (AvgIpc) is 2.89. The molecule has 2 heterocycles. The van der Waals surface area contributed by atoms with E-state index < -0.39 is 0 Å². The highest BCUT2D eigenvalue weighted by atomic mass is 32.1. The normalized spacial score (nSPS) is 22.5. The minimum absolute atomic E-state index is 0.410. The van der Waals surface area contributed by atoms with Crippen molar-refractivity contribution in [2.75, 3.05) is 13.2 Å². The summed E-state index contributed by atoms with van der Waals surface area (Å²) >= 11 is 1.77. The average molecular weight is 240 g/mol. The van der Waals surface area contributed by atoms with Crippen molar-refractivity contribution >= 4 is 11.3 Å². The van der Waals surface area contributed by atoms with E-state index >= 15 is 0 Å². The van der Waals surface area contributed by atoms with Gasteiger partial charge in [0.15, 0.2) is 0 Å². The van der Waals surface area contributed by atoms with Crippen LogP contribution in [0.2, 0.25) is 0 Å². The lowest BCUT2D eigenvalue weighted by Crippen LogP contribution is -2.22. The van der Waals surface area contributed by atoms with Crippen molar-refractivity contribution in [1.82, 2.24) is 10.3 Å². The Morgan fingerprint density at radius 1 is 1.69 bits per heavy atom. The van der Waals surface area contributed by atoms with E-state index in [1.165, 1.54) is 17.7 Å². The van der Waals surface area contributed by atoms with Gasteiger partial charge < -0.3 is 10.1 Å². The second-order valence-electron chi connectivity index (χ2n) is 4.38. The minimum Gasteiger partial charge on any atom is -0.378 e. The van der Waals surface area contributed by atoms with E-state index in [4.69, 9.17) is 4.74 Å². The highest BCUT2D eigenvalue weighted by Gasteiger charge is 2.15. The van der Waals surface area contributed by atoms with Gasteiger partial charge in [-0.25, -0.2) is 4.98 Å². The zero-order valence-corrected chi connectivity index (χ0v) is 10.8. The molecule has 0 aromatic carbocycles. The lowest BCUT2D eigenvalue weighted by atomic mass is 10.2. The summed E-state index contributed by atoms with van der Waals surface area (Å²) in [4.78, 5) is 5.60. The van der Waals surface area contributed by atoms with Crippen molar-refractivity contribution in [2.45, 2.75) is 45.3 Å². The molecular weight excluding hydrogens is 220 g/mol. The lowest BCUT2D eigenvalue weighted by Gasteiger charge is -2.14. The summed E-state index contributed by atoms with van der Waals surface area (Å²) in [5.41, 5.74) is 0. The topological polar surface area (TPSA) is 34.2 Å². The fraction of sp³-hybridized carbons (Fsp3) is 0.750. The molecule has 0 spiro atoms. The second kappa shape index (κ2) is 5.75. The summed E-state index contributed by atoms with van der Waals surface area (Å²) in [6, 6.07) is 0.410. The third kappa shape index (κ3) is 3.27. The van der Waals surface area contributed by atoms with Crippen LogP contribution < -0.4 is 5.32 Å². The SMILES string of the molecule is Cc1ncc(C(C)NCCC2CCCO2)s1. The number of aromatic nitrogens is 1. The van der Waals surface area contributed by atoms with Crippen LogP contribution >= 0.6 is 11.3 Å². The largest absolute Gasteiger partial charge is 0.378 e. The molecule has 0 amide bonds. The first kappa shape index (κ1) is 12.0. The molecule has 1 fully saturated rings. The molecule has 0 radical (unpaired) electrons. The maximum absolute atomic E-state index is 5.59. The molecule has 90 valence electrons. The molecule has 2 atom stereocenters. The number of nitrogens with zero attached hydrogens (tertiary/aromatic N) is 1. The predicted molar refractivity (Wildman–Crippen MR) is 66.9 cm³/mol. The maximum atomic E-state index is 5.59. The monoisotopic (exact) mass is 240 g/mol. The van der Waals surface area contributed by atoms with Crippen molar-refractivity contribution in [3.05, 3.63) is 16.1 Å². The van der Waals surface area contributed by atoms with Crippen LogP contribution in [0, 0.1) is 6.92 Å². The van der Waals surface area contributed by atoms with E-state index in [0.717, 1.165) is 24.6 Å². The number of rotatable bonds is 5. The van der Waals surface area contributed by atoms with Gasteiger partial charge in [0.2, 0.25) is 0 Å². The molecule has 0 bridgehead atoms. The Bertz CT molecular complexity index is 321. The van der Waals surface area contributed by atoms with Gasteiger partial charge in [0.05, 0.1) is 11.1 Å². The van der Waals surface area contributed by atoms with E-state index in [2.05, 4.69) is 17.2 Å². The summed E-state index contributed by atoms with van der Waals surface area (Å²) in [7, 11) is 0. The number of hydrogen-bond acceptors (Lipinski definition) is 4. The Morgan fingerprint density at radius 3 is 3.19 bits per heavy atom. The van der Waals surface area contributed by atoms with Crippen molar-refractivity contribution in [3.8, 4) is 0 Å². The summed E-state index contributed by atoms with van der Waals surface area (Å²) in [5.74, 6) is 0. The van der Waals surface area contributed by atoms with Crippen molar-refractivity contribution < 1.29 is 4.74 Å². The maximum Gasteiger partial charge on any atom is 0.0897 e. The number of hydrogen-bond donors (Lipinski definition) is 1. The van der Waals surface area contributed by atoms with Gasteiger partial charge in [-0.15, -0.1) is 11.3 Å². The van der Waals surface area contributed by atoms with Gasteiger partial charge in [-0.2, -0.15) is 0 Å². The zero-order valence-electron chi connectivity index (χ0n) is 10.0. The van der Waals surface area contributed by atoms with Crippen LogP contribution in [0.25, 0.3) is 0 Å². The third-order valence-corrected chi connectivity index (χ3v) is 4.10. The molecule has 1 aromatic heterocycles. The smallest absolute Gasteiger partial charge is 0.0897 e. The van der Waals surface area contributed by atoms with E-state index in [9.17, 15) is 0 Å². The zero-order chi connectivity index (χ0) is 11.4. The summed E-state index contributed by atoms with van der Waals surface area (Å²) in [5, 5.41) is 4.67. The lowest BCUT2D eigenvalue weighted by molar-refractivity contribution is 0.103. The Hall–Kier alpha value is -0.450. The molecule has 0 aliphatic carbocycles. The summed E-state index contributed by atoms with van der Waals surface area (Å²) in [6.45, 7) is 6.23. The predicted octanol–water partition coefficient (Wildman–Crippen LogP) is 2.67. The van der Waals surface area contributed by atoms with Crippen LogP contribution in [0.5, 0.6) is 0 Å². The highest BCUT2D eigenvalue weighted by molar-refractivity contribution is 7.11. The second-order valence-corrected chi connectivity index (χ2v) is 5.65. The first-order valence-electron chi connectivity index (χ1n) is 6.03. The van der Waals surface area contributed by atoms with Gasteiger partial charge in [-0.1, -0.05) is 0 Å². The molecule has 1 aliphatic rings. The van der Waals surface area contributed by atoms with Gasteiger partial charge in [0, 0.05) is 23.7 Å². The number of aryl methyl sites for hydroxylation is 1. The van der Waals surface area contributed by atoms with E-state index in [1.54, 1.807) is 11.3 Å². The third-order valence-electron chi connectivity index (χ3n) is 3.01. The molecule has 1 N–H and O–H groups in total. The summed E-state index contributed by atoms with van der Waals surface area (Å²) in [6.07, 6.45) is 6.05. The first-order valence-corrected chi connectivity index (χ1v) is 6.84. The summed E-state index contributed by atoms with van der Waals surface area (Å²) < 4.78 is 5.59. The van der Waals surface area contributed by atoms with Gasteiger partial charge in [0.25, 0.3) is 0 Å². The van der Waals surface area contributed by atoms with E-state index in [-0.39, 0.29) is 0 Å². The van der Waals surface area contributed by atoms with Gasteiger partial charge >= 0.3 is 0 Å². The first-order chi connectivity index (χ1) is 7.75. The molecule has 1 saturated heterocycles. The van der Waals surface area contributed by atoms with E-state index in [0.29, 0.717) is 12.1 Å². The molecule has 1 aromatic rings. The van der Waals surface area contributed by atoms with Crippen LogP contribution in [-0.4, -0.2) is 24.2 Å². The Kier molecular flexibility index (Phi) is 4.32. The van der Waals surface area contributed by atoms with Crippen molar-refractivity contribution in [3.63, 3.8) is 0 Å². The van der Waals surface area contributed by atoms with Gasteiger partial charge in [-0.3, -0.25) is 0 Å². The number of nitrogens with one attached hydrogen (secondary N) is 1. The van der Waals surface area contributed by atoms with Crippen LogP contribution in [-0.2, 0) is 4.74 Å². The fourth-order valence-corrected chi connectivity index (χ4v) is 2.82. The molecule has 1 aliphatic heterocycles. The van der Waals surface area contributed by atoms with E-state index in [1.807, 2.05) is 13.1 Å². The quantitative estimate of drug-likeness (QED) is 0.859. The van der Waals surface area contributed by atoms with Crippen LogP contribution in [0.3, 0.4) is 0 Å². The van der Waals surface area contributed by atoms with Crippen LogP contribution in [0.15, 0.2) is 6.20 Å². The number of thiazole rings is 1. The fourth-order valence-electron chi connectivity index (χ4n) is 2.01. The standard InChI is InChI=1S/C12H20N2OS/c1-9(12-8-14-10(2)16-12)13-6-5-11-4-3-7-15-11/h8-9,11,13H,3-7H2,1-2H3. The Balaban J connectivity index is 1.69. The molecule has 2 rings (SSSR count).